The summed E-state index contributed by atoms with van der Waals surface area (Å²) in [4.78, 5) is 16.7. The van der Waals surface area contributed by atoms with Gasteiger partial charge in [0.25, 0.3) is 0 Å². The van der Waals surface area contributed by atoms with E-state index in [0.29, 0.717) is 30.3 Å². The van der Waals surface area contributed by atoms with Crippen LogP contribution in [0, 0.1) is 11.8 Å². The highest BCUT2D eigenvalue weighted by Crippen LogP contribution is 2.28. The van der Waals surface area contributed by atoms with Crippen LogP contribution in [0.1, 0.15) is 39.5 Å². The van der Waals surface area contributed by atoms with Crippen LogP contribution >= 0.6 is 0 Å². The first-order valence-electron chi connectivity index (χ1n) is 7.91. The van der Waals surface area contributed by atoms with Crippen LogP contribution in [0.5, 0.6) is 0 Å². The van der Waals surface area contributed by atoms with Gasteiger partial charge in [-0.15, -0.1) is 0 Å². The Bertz CT molecular complexity index is 304. The summed E-state index contributed by atoms with van der Waals surface area (Å²) in [6, 6.07) is 0.543. The second-order valence-electron chi connectivity index (χ2n) is 6.10. The SMILES string of the molecule is CCC1CN(CC(=O)N(CC)C2CC2)CCC1CN. The van der Waals surface area contributed by atoms with E-state index in [1.54, 1.807) is 0 Å². The highest BCUT2D eigenvalue weighted by Gasteiger charge is 2.33. The van der Waals surface area contributed by atoms with Crippen molar-refractivity contribution in [2.75, 3.05) is 32.7 Å². The maximum atomic E-state index is 12.3. The summed E-state index contributed by atoms with van der Waals surface area (Å²) >= 11 is 0. The Balaban J connectivity index is 1.83. The lowest BCUT2D eigenvalue weighted by Crippen LogP contribution is -2.48. The third-order valence-corrected chi connectivity index (χ3v) is 4.81. The maximum Gasteiger partial charge on any atom is 0.236 e. The monoisotopic (exact) mass is 267 g/mol. The average molecular weight is 267 g/mol. The molecule has 0 aromatic heterocycles. The molecule has 0 aromatic rings. The van der Waals surface area contributed by atoms with Crippen molar-refractivity contribution >= 4 is 5.91 Å². The molecule has 0 bridgehead atoms. The standard InChI is InChI=1S/C15H29N3O/c1-3-12-10-17(8-7-13(12)9-16)11-15(19)18(4-2)14-5-6-14/h12-14H,3-11,16H2,1-2H3. The number of rotatable bonds is 6. The van der Waals surface area contributed by atoms with E-state index in [1.165, 1.54) is 19.3 Å². The molecule has 1 aliphatic carbocycles. The van der Waals surface area contributed by atoms with E-state index in [1.807, 2.05) is 0 Å². The van der Waals surface area contributed by atoms with Crippen LogP contribution in [-0.4, -0.2) is 54.5 Å². The maximum absolute atomic E-state index is 12.3. The second kappa shape index (κ2) is 6.71. The highest BCUT2D eigenvalue weighted by molar-refractivity contribution is 5.78. The molecule has 2 fully saturated rings. The van der Waals surface area contributed by atoms with Crippen LogP contribution < -0.4 is 5.73 Å². The first kappa shape index (κ1) is 14.8. The van der Waals surface area contributed by atoms with E-state index in [9.17, 15) is 4.79 Å². The number of nitrogens with zero attached hydrogens (tertiary/aromatic N) is 2. The van der Waals surface area contributed by atoms with E-state index < -0.39 is 0 Å². The molecular formula is C15H29N3O. The van der Waals surface area contributed by atoms with E-state index >= 15 is 0 Å². The normalized spacial score (nSPS) is 28.4. The van der Waals surface area contributed by atoms with Gasteiger partial charge in [-0.1, -0.05) is 13.3 Å². The molecule has 2 rings (SSSR count). The van der Waals surface area contributed by atoms with Gasteiger partial charge >= 0.3 is 0 Å². The van der Waals surface area contributed by atoms with Gasteiger partial charge in [0.15, 0.2) is 0 Å². The summed E-state index contributed by atoms with van der Waals surface area (Å²) in [6.07, 6.45) is 4.73. The topological polar surface area (TPSA) is 49.6 Å². The molecule has 1 aliphatic heterocycles. The minimum absolute atomic E-state index is 0.325. The molecule has 1 saturated heterocycles. The number of carbonyl (C=O) groups excluding carboxylic acids is 1. The molecule has 4 heteroatoms. The number of likely N-dealkylation sites (tertiary alicyclic amines) is 1. The van der Waals surface area contributed by atoms with Crippen molar-refractivity contribution in [3.8, 4) is 0 Å². The van der Waals surface area contributed by atoms with Gasteiger partial charge in [0, 0.05) is 19.1 Å². The van der Waals surface area contributed by atoms with Crippen LogP contribution in [0.3, 0.4) is 0 Å². The number of nitrogens with two attached hydrogens (primary N) is 1. The van der Waals surface area contributed by atoms with Crippen molar-refractivity contribution in [3.63, 3.8) is 0 Å². The molecule has 1 heterocycles. The second-order valence-corrected chi connectivity index (χ2v) is 6.10. The molecule has 2 N–H and O–H groups in total. The van der Waals surface area contributed by atoms with Gasteiger partial charge in [0.2, 0.25) is 5.91 Å². The molecule has 2 aliphatic rings. The van der Waals surface area contributed by atoms with Crippen molar-refractivity contribution in [2.45, 2.75) is 45.6 Å². The lowest BCUT2D eigenvalue weighted by Gasteiger charge is -2.38. The van der Waals surface area contributed by atoms with Crippen LogP contribution in [0.15, 0.2) is 0 Å². The van der Waals surface area contributed by atoms with Crippen LogP contribution in [0.4, 0.5) is 0 Å². The largest absolute Gasteiger partial charge is 0.339 e. The van der Waals surface area contributed by atoms with Crippen molar-refractivity contribution in [2.24, 2.45) is 17.6 Å². The Morgan fingerprint density at radius 3 is 2.53 bits per heavy atom. The molecule has 2 unspecified atom stereocenters. The predicted molar refractivity (Wildman–Crippen MR) is 77.8 cm³/mol. The Morgan fingerprint density at radius 2 is 2.00 bits per heavy atom. The van der Waals surface area contributed by atoms with Crippen LogP contribution in [0.25, 0.3) is 0 Å². The summed E-state index contributed by atoms with van der Waals surface area (Å²) in [7, 11) is 0. The fraction of sp³-hybridized carbons (Fsp3) is 0.933. The summed E-state index contributed by atoms with van der Waals surface area (Å²) in [5, 5.41) is 0. The zero-order chi connectivity index (χ0) is 13.8. The third kappa shape index (κ3) is 3.69. The fourth-order valence-corrected chi connectivity index (χ4v) is 3.38. The third-order valence-electron chi connectivity index (χ3n) is 4.81. The van der Waals surface area contributed by atoms with Gasteiger partial charge in [-0.25, -0.2) is 0 Å². The highest BCUT2D eigenvalue weighted by atomic mass is 16.2. The predicted octanol–water partition coefficient (Wildman–Crippen LogP) is 1.30. The molecular weight excluding hydrogens is 238 g/mol. The van der Waals surface area contributed by atoms with Crippen molar-refractivity contribution < 1.29 is 4.79 Å². The summed E-state index contributed by atoms with van der Waals surface area (Å²) in [6.45, 7) is 8.67. The minimum Gasteiger partial charge on any atom is -0.339 e. The van der Waals surface area contributed by atoms with Gasteiger partial charge in [0.1, 0.15) is 0 Å². The Morgan fingerprint density at radius 1 is 1.26 bits per heavy atom. The number of amides is 1. The van der Waals surface area contributed by atoms with Gasteiger partial charge in [-0.3, -0.25) is 9.69 Å². The summed E-state index contributed by atoms with van der Waals surface area (Å²) in [5.41, 5.74) is 5.84. The number of likely N-dealkylation sites (N-methyl/N-ethyl adjacent to an activating group) is 1. The van der Waals surface area contributed by atoms with E-state index in [-0.39, 0.29) is 0 Å². The van der Waals surface area contributed by atoms with E-state index in [0.717, 1.165) is 32.6 Å². The van der Waals surface area contributed by atoms with Crippen molar-refractivity contribution in [1.82, 2.24) is 9.80 Å². The minimum atomic E-state index is 0.325. The Hall–Kier alpha value is -0.610. The molecule has 4 nitrogen and oxygen atoms in total. The molecule has 1 amide bonds. The van der Waals surface area contributed by atoms with Gasteiger partial charge in [0.05, 0.1) is 6.54 Å². The number of piperidine rings is 1. The number of hydrogen-bond donors (Lipinski definition) is 1. The Kier molecular flexibility index (Phi) is 5.22. The fourth-order valence-electron chi connectivity index (χ4n) is 3.38. The molecule has 0 spiro atoms. The summed E-state index contributed by atoms with van der Waals surface area (Å²) in [5.74, 6) is 1.65. The van der Waals surface area contributed by atoms with E-state index in [2.05, 4.69) is 23.6 Å². The van der Waals surface area contributed by atoms with Gasteiger partial charge in [-0.2, -0.15) is 0 Å². The van der Waals surface area contributed by atoms with Crippen molar-refractivity contribution in [3.05, 3.63) is 0 Å². The molecule has 0 radical (unpaired) electrons. The smallest absolute Gasteiger partial charge is 0.236 e. The zero-order valence-electron chi connectivity index (χ0n) is 12.5. The molecule has 110 valence electrons. The van der Waals surface area contributed by atoms with Crippen molar-refractivity contribution in [1.29, 1.82) is 0 Å². The average Bonchev–Trinajstić information content (AvgIpc) is 3.24. The molecule has 0 aromatic carbocycles. The first-order chi connectivity index (χ1) is 9.19. The lowest BCUT2D eigenvalue weighted by molar-refractivity contribution is -0.133. The molecule has 1 saturated carbocycles. The van der Waals surface area contributed by atoms with Gasteiger partial charge in [-0.05, 0) is 51.1 Å². The number of hydrogen-bond acceptors (Lipinski definition) is 3. The van der Waals surface area contributed by atoms with Crippen LogP contribution in [-0.2, 0) is 4.79 Å². The number of carbonyl (C=O) groups is 1. The lowest BCUT2D eigenvalue weighted by atomic mass is 9.84. The first-order valence-corrected chi connectivity index (χ1v) is 7.91. The van der Waals surface area contributed by atoms with E-state index in [4.69, 9.17) is 5.73 Å². The molecule has 19 heavy (non-hydrogen) atoms. The van der Waals surface area contributed by atoms with Crippen LogP contribution in [0.2, 0.25) is 0 Å². The zero-order valence-corrected chi connectivity index (χ0v) is 12.5. The Labute approximate surface area is 117 Å². The summed E-state index contributed by atoms with van der Waals surface area (Å²) < 4.78 is 0. The van der Waals surface area contributed by atoms with Gasteiger partial charge < -0.3 is 10.6 Å². The molecule has 2 atom stereocenters. The quantitative estimate of drug-likeness (QED) is 0.789.